The van der Waals surface area contributed by atoms with Gasteiger partial charge in [-0.05, 0) is 31.4 Å². The third kappa shape index (κ3) is 6.16. The standard InChI is InChI=1S/C15H17NO7/c17-11(18)4-3-10-2-1-7-15(16-14(10)23,8-5-12(19)20)9-6-13(21)22/h3-6,8-10H,1-2,7H2,(H,16,23)(H,17,18)(H,19,20)(H,21,22). The van der Waals surface area contributed by atoms with Crippen molar-refractivity contribution in [3.05, 3.63) is 36.5 Å². The van der Waals surface area contributed by atoms with Crippen LogP contribution in [0.15, 0.2) is 36.5 Å². The molecule has 1 saturated heterocycles. The number of carboxylic acids is 3. The zero-order valence-electron chi connectivity index (χ0n) is 12.1. The highest BCUT2D eigenvalue weighted by Gasteiger charge is 2.32. The highest BCUT2D eigenvalue weighted by atomic mass is 16.4. The Bertz CT molecular complexity index is 565. The fourth-order valence-electron chi connectivity index (χ4n) is 2.26. The van der Waals surface area contributed by atoms with Gasteiger partial charge in [0.15, 0.2) is 0 Å². The first-order chi connectivity index (χ1) is 10.7. The normalized spacial score (nSPS) is 25.6. The minimum Gasteiger partial charge on any atom is -0.478 e. The number of rotatable bonds is 6. The Morgan fingerprint density at radius 2 is 1.52 bits per heavy atom. The van der Waals surface area contributed by atoms with Crippen LogP contribution in [0.3, 0.4) is 0 Å². The van der Waals surface area contributed by atoms with Crippen molar-refractivity contribution >= 4 is 23.8 Å². The first-order valence-electron chi connectivity index (χ1n) is 6.81. The molecular weight excluding hydrogens is 306 g/mol. The minimum absolute atomic E-state index is 0.295. The second-order valence-electron chi connectivity index (χ2n) is 5.07. The molecule has 1 atom stereocenters. The topological polar surface area (TPSA) is 141 Å². The number of hydrogen-bond acceptors (Lipinski definition) is 4. The lowest BCUT2D eigenvalue weighted by Crippen LogP contribution is -2.46. The smallest absolute Gasteiger partial charge is 0.328 e. The third-order valence-corrected chi connectivity index (χ3v) is 3.32. The van der Waals surface area contributed by atoms with E-state index < -0.39 is 35.3 Å². The van der Waals surface area contributed by atoms with Crippen LogP contribution >= 0.6 is 0 Å². The van der Waals surface area contributed by atoms with Crippen LogP contribution in [0.1, 0.15) is 19.3 Å². The Morgan fingerprint density at radius 3 is 2.00 bits per heavy atom. The lowest BCUT2D eigenvalue weighted by atomic mass is 9.92. The Kier molecular flexibility index (Phi) is 6.25. The molecule has 1 aliphatic rings. The molecule has 124 valence electrons. The van der Waals surface area contributed by atoms with Crippen molar-refractivity contribution in [1.82, 2.24) is 5.32 Å². The summed E-state index contributed by atoms with van der Waals surface area (Å²) in [5.41, 5.74) is -1.24. The molecule has 1 fully saturated rings. The number of carbonyl (C=O) groups is 4. The van der Waals surface area contributed by atoms with Crippen molar-refractivity contribution in [2.24, 2.45) is 5.92 Å². The number of carboxylic acid groups (broad SMARTS) is 3. The molecule has 0 bridgehead atoms. The van der Waals surface area contributed by atoms with E-state index in [9.17, 15) is 19.2 Å². The molecule has 0 aromatic carbocycles. The van der Waals surface area contributed by atoms with Gasteiger partial charge in [0.1, 0.15) is 0 Å². The van der Waals surface area contributed by atoms with Crippen LogP contribution in [-0.4, -0.2) is 44.7 Å². The average Bonchev–Trinajstić information content (AvgIpc) is 2.60. The molecule has 23 heavy (non-hydrogen) atoms. The maximum Gasteiger partial charge on any atom is 0.328 e. The molecule has 1 aliphatic heterocycles. The number of aliphatic carboxylic acids is 3. The van der Waals surface area contributed by atoms with Gasteiger partial charge in [-0.2, -0.15) is 0 Å². The van der Waals surface area contributed by atoms with Crippen molar-refractivity contribution in [2.45, 2.75) is 24.8 Å². The molecule has 1 rings (SSSR count). The van der Waals surface area contributed by atoms with E-state index in [1.165, 1.54) is 18.2 Å². The average molecular weight is 323 g/mol. The summed E-state index contributed by atoms with van der Waals surface area (Å²) in [5.74, 6) is -4.80. The summed E-state index contributed by atoms with van der Waals surface area (Å²) in [6, 6.07) is 0. The van der Waals surface area contributed by atoms with Crippen LogP contribution in [0.4, 0.5) is 0 Å². The van der Waals surface area contributed by atoms with E-state index >= 15 is 0 Å². The quantitative estimate of drug-likeness (QED) is 0.523. The van der Waals surface area contributed by atoms with Crippen LogP contribution in [0, 0.1) is 5.92 Å². The zero-order valence-corrected chi connectivity index (χ0v) is 12.1. The highest BCUT2D eigenvalue weighted by Crippen LogP contribution is 2.26. The van der Waals surface area contributed by atoms with Gasteiger partial charge in [0.2, 0.25) is 5.91 Å². The van der Waals surface area contributed by atoms with Gasteiger partial charge in [-0.3, -0.25) is 4.79 Å². The van der Waals surface area contributed by atoms with E-state index in [0.717, 1.165) is 18.2 Å². The van der Waals surface area contributed by atoms with E-state index in [2.05, 4.69) is 5.32 Å². The van der Waals surface area contributed by atoms with Gasteiger partial charge in [-0.25, -0.2) is 14.4 Å². The van der Waals surface area contributed by atoms with Crippen LogP contribution in [0.5, 0.6) is 0 Å². The lowest BCUT2D eigenvalue weighted by Gasteiger charge is -2.27. The fourth-order valence-corrected chi connectivity index (χ4v) is 2.26. The first kappa shape index (κ1) is 18.1. The van der Waals surface area contributed by atoms with Crippen molar-refractivity contribution < 1.29 is 34.5 Å². The molecule has 4 N–H and O–H groups in total. The Balaban J connectivity index is 3.07. The van der Waals surface area contributed by atoms with Gasteiger partial charge in [0, 0.05) is 18.2 Å². The number of carbonyl (C=O) groups excluding carboxylic acids is 1. The SMILES string of the molecule is O=C(O)C=CC1CCCC(C=CC(=O)O)(C=CC(=O)O)NC1=O. The molecule has 0 spiro atoms. The maximum absolute atomic E-state index is 12.2. The van der Waals surface area contributed by atoms with Crippen LogP contribution in [0.25, 0.3) is 0 Å². The van der Waals surface area contributed by atoms with E-state index in [4.69, 9.17) is 15.3 Å². The molecule has 1 heterocycles. The van der Waals surface area contributed by atoms with Gasteiger partial charge < -0.3 is 20.6 Å². The molecule has 0 radical (unpaired) electrons. The van der Waals surface area contributed by atoms with Crippen LogP contribution < -0.4 is 5.32 Å². The lowest BCUT2D eigenvalue weighted by molar-refractivity contribution is -0.132. The second-order valence-corrected chi connectivity index (χ2v) is 5.07. The number of nitrogens with one attached hydrogen (secondary N) is 1. The first-order valence-corrected chi connectivity index (χ1v) is 6.81. The summed E-state index contributed by atoms with van der Waals surface area (Å²) in [4.78, 5) is 44.2. The Hall–Kier alpha value is -2.90. The molecule has 0 aromatic heterocycles. The summed E-state index contributed by atoms with van der Waals surface area (Å²) < 4.78 is 0. The number of amides is 1. The van der Waals surface area contributed by atoms with Gasteiger partial charge in [-0.1, -0.05) is 6.08 Å². The van der Waals surface area contributed by atoms with Gasteiger partial charge in [0.05, 0.1) is 11.5 Å². The molecule has 1 unspecified atom stereocenters. The molecular formula is C15H17NO7. The number of hydrogen-bond donors (Lipinski definition) is 4. The van der Waals surface area contributed by atoms with Crippen LogP contribution in [-0.2, 0) is 19.2 Å². The van der Waals surface area contributed by atoms with Gasteiger partial charge in [-0.15, -0.1) is 0 Å². The maximum atomic E-state index is 12.2. The summed E-state index contributed by atoms with van der Waals surface area (Å²) in [7, 11) is 0. The Morgan fingerprint density at radius 1 is 1.00 bits per heavy atom. The third-order valence-electron chi connectivity index (χ3n) is 3.32. The van der Waals surface area contributed by atoms with E-state index in [1.807, 2.05) is 0 Å². The molecule has 8 heteroatoms. The molecule has 8 nitrogen and oxygen atoms in total. The monoisotopic (exact) mass is 323 g/mol. The van der Waals surface area contributed by atoms with Crippen molar-refractivity contribution in [1.29, 1.82) is 0 Å². The van der Waals surface area contributed by atoms with Crippen molar-refractivity contribution in [3.63, 3.8) is 0 Å². The van der Waals surface area contributed by atoms with Gasteiger partial charge in [0.25, 0.3) is 0 Å². The Labute approximate surface area is 131 Å². The van der Waals surface area contributed by atoms with Gasteiger partial charge >= 0.3 is 17.9 Å². The predicted molar refractivity (Wildman–Crippen MR) is 78.5 cm³/mol. The molecule has 0 saturated carbocycles. The van der Waals surface area contributed by atoms with Crippen molar-refractivity contribution in [2.75, 3.05) is 0 Å². The predicted octanol–water partition coefficient (Wildman–Crippen LogP) is 0.564. The second kappa shape index (κ2) is 7.92. The molecule has 0 aromatic rings. The molecule has 1 amide bonds. The minimum atomic E-state index is -1.24. The van der Waals surface area contributed by atoms with E-state index in [-0.39, 0.29) is 0 Å². The summed E-state index contributed by atoms with van der Waals surface area (Å²) in [6.07, 6.45) is 7.38. The summed E-state index contributed by atoms with van der Waals surface area (Å²) >= 11 is 0. The zero-order chi connectivity index (χ0) is 17.5. The summed E-state index contributed by atoms with van der Waals surface area (Å²) in [6.45, 7) is 0. The molecule has 0 aliphatic carbocycles. The van der Waals surface area contributed by atoms with E-state index in [0.29, 0.717) is 19.3 Å². The van der Waals surface area contributed by atoms with Crippen LogP contribution in [0.2, 0.25) is 0 Å². The van der Waals surface area contributed by atoms with Crippen molar-refractivity contribution in [3.8, 4) is 0 Å². The van der Waals surface area contributed by atoms with E-state index in [1.54, 1.807) is 0 Å². The largest absolute Gasteiger partial charge is 0.478 e. The highest BCUT2D eigenvalue weighted by molar-refractivity contribution is 5.86. The summed E-state index contributed by atoms with van der Waals surface area (Å²) in [5, 5.41) is 28.7. The fraction of sp³-hybridized carbons (Fsp3) is 0.333.